The highest BCUT2D eigenvalue weighted by molar-refractivity contribution is 5.92. The predicted octanol–water partition coefficient (Wildman–Crippen LogP) is 2.39. The smallest absolute Gasteiger partial charge is 0.270 e. The zero-order valence-electron chi connectivity index (χ0n) is 15.5. The van der Waals surface area contributed by atoms with Crippen LogP contribution in [0.4, 0.5) is 5.82 Å². The molecule has 0 aliphatic heterocycles. The third-order valence-corrected chi connectivity index (χ3v) is 3.73. The SMILES string of the molecule is Cc1ccc(CNC(=O)c2cc(NCCCN(C)C)nc(C)n2)cc1. The molecule has 25 heavy (non-hydrogen) atoms. The third-order valence-electron chi connectivity index (χ3n) is 3.73. The van der Waals surface area contributed by atoms with E-state index in [9.17, 15) is 4.79 Å². The Morgan fingerprint density at radius 3 is 2.52 bits per heavy atom. The maximum absolute atomic E-state index is 12.4. The zero-order valence-corrected chi connectivity index (χ0v) is 15.5. The van der Waals surface area contributed by atoms with Gasteiger partial charge in [0.2, 0.25) is 0 Å². The second-order valence-electron chi connectivity index (χ2n) is 6.44. The Balaban J connectivity index is 1.93. The van der Waals surface area contributed by atoms with Crippen molar-refractivity contribution in [2.75, 3.05) is 32.5 Å². The van der Waals surface area contributed by atoms with E-state index in [1.54, 1.807) is 13.0 Å². The van der Waals surface area contributed by atoms with Crippen molar-refractivity contribution in [2.45, 2.75) is 26.8 Å². The van der Waals surface area contributed by atoms with Crippen molar-refractivity contribution in [2.24, 2.45) is 0 Å². The summed E-state index contributed by atoms with van der Waals surface area (Å²) in [6.07, 6.45) is 1.00. The molecule has 1 aromatic heterocycles. The second-order valence-corrected chi connectivity index (χ2v) is 6.44. The molecule has 0 unspecified atom stereocenters. The highest BCUT2D eigenvalue weighted by Crippen LogP contribution is 2.08. The van der Waals surface area contributed by atoms with Crippen molar-refractivity contribution in [3.05, 3.63) is 53.0 Å². The van der Waals surface area contributed by atoms with Crippen LogP contribution in [0.25, 0.3) is 0 Å². The maximum atomic E-state index is 12.4. The molecule has 2 N–H and O–H groups in total. The second kappa shape index (κ2) is 9.13. The Morgan fingerprint density at radius 2 is 1.84 bits per heavy atom. The van der Waals surface area contributed by atoms with Gasteiger partial charge in [-0.3, -0.25) is 4.79 Å². The molecule has 1 heterocycles. The fourth-order valence-electron chi connectivity index (χ4n) is 2.37. The quantitative estimate of drug-likeness (QED) is 0.722. The predicted molar refractivity (Wildman–Crippen MR) is 101 cm³/mol. The molecule has 0 spiro atoms. The van der Waals surface area contributed by atoms with Crippen LogP contribution < -0.4 is 10.6 Å². The van der Waals surface area contributed by atoms with Gasteiger partial charge in [0.25, 0.3) is 5.91 Å². The number of nitrogens with one attached hydrogen (secondary N) is 2. The Kier molecular flexibility index (Phi) is 6.89. The normalized spacial score (nSPS) is 10.8. The van der Waals surface area contributed by atoms with Gasteiger partial charge in [-0.15, -0.1) is 0 Å². The van der Waals surface area contributed by atoms with Crippen molar-refractivity contribution in [3.8, 4) is 0 Å². The first-order valence-corrected chi connectivity index (χ1v) is 8.52. The molecule has 6 heteroatoms. The summed E-state index contributed by atoms with van der Waals surface area (Å²) in [5, 5.41) is 6.17. The standard InChI is InChI=1S/C19H27N5O/c1-14-6-8-16(9-7-14)13-21-19(25)17-12-18(23-15(2)22-17)20-10-5-11-24(3)4/h6-9,12H,5,10-11,13H2,1-4H3,(H,21,25)(H,20,22,23). The number of nitrogens with zero attached hydrogens (tertiary/aromatic N) is 3. The van der Waals surface area contributed by atoms with E-state index >= 15 is 0 Å². The van der Waals surface area contributed by atoms with Gasteiger partial charge in [0, 0.05) is 19.2 Å². The Labute approximate surface area is 149 Å². The Morgan fingerprint density at radius 1 is 1.12 bits per heavy atom. The lowest BCUT2D eigenvalue weighted by Crippen LogP contribution is -2.24. The number of anilines is 1. The van der Waals surface area contributed by atoms with Crippen molar-refractivity contribution in [1.29, 1.82) is 0 Å². The van der Waals surface area contributed by atoms with E-state index in [1.165, 1.54) is 5.56 Å². The summed E-state index contributed by atoms with van der Waals surface area (Å²) in [4.78, 5) is 23.1. The van der Waals surface area contributed by atoms with Crippen molar-refractivity contribution in [3.63, 3.8) is 0 Å². The highest BCUT2D eigenvalue weighted by Gasteiger charge is 2.10. The van der Waals surface area contributed by atoms with Crippen LogP contribution in [-0.2, 0) is 6.54 Å². The fourth-order valence-corrected chi connectivity index (χ4v) is 2.37. The van der Waals surface area contributed by atoms with Gasteiger partial charge in [-0.2, -0.15) is 0 Å². The molecule has 0 radical (unpaired) electrons. The summed E-state index contributed by atoms with van der Waals surface area (Å²) in [5.41, 5.74) is 2.65. The Hall–Kier alpha value is -2.47. The molecule has 2 aromatic rings. The minimum Gasteiger partial charge on any atom is -0.370 e. The van der Waals surface area contributed by atoms with E-state index in [4.69, 9.17) is 0 Å². The van der Waals surface area contributed by atoms with E-state index in [-0.39, 0.29) is 5.91 Å². The summed E-state index contributed by atoms with van der Waals surface area (Å²) >= 11 is 0. The maximum Gasteiger partial charge on any atom is 0.270 e. The van der Waals surface area contributed by atoms with Gasteiger partial charge in [-0.25, -0.2) is 9.97 Å². The Bertz CT molecular complexity index is 697. The molecule has 0 atom stereocenters. The lowest BCUT2D eigenvalue weighted by molar-refractivity contribution is 0.0945. The first-order chi connectivity index (χ1) is 11.9. The molecule has 0 aliphatic carbocycles. The van der Waals surface area contributed by atoms with E-state index in [2.05, 4.69) is 25.5 Å². The third kappa shape index (κ3) is 6.51. The van der Waals surface area contributed by atoms with Crippen LogP contribution in [0.3, 0.4) is 0 Å². The number of aromatic nitrogens is 2. The average Bonchev–Trinajstić information content (AvgIpc) is 2.57. The summed E-state index contributed by atoms with van der Waals surface area (Å²) in [6.45, 7) is 6.12. The highest BCUT2D eigenvalue weighted by atomic mass is 16.1. The van der Waals surface area contributed by atoms with E-state index in [0.717, 1.165) is 25.1 Å². The molecule has 0 saturated heterocycles. The van der Waals surface area contributed by atoms with E-state index in [1.807, 2.05) is 45.3 Å². The van der Waals surface area contributed by atoms with Gasteiger partial charge in [0.05, 0.1) is 0 Å². The van der Waals surface area contributed by atoms with E-state index in [0.29, 0.717) is 23.9 Å². The van der Waals surface area contributed by atoms with Crippen LogP contribution in [0.5, 0.6) is 0 Å². The summed E-state index contributed by atoms with van der Waals surface area (Å²) in [6, 6.07) is 9.79. The van der Waals surface area contributed by atoms with Crippen LogP contribution in [0, 0.1) is 13.8 Å². The fraction of sp³-hybridized carbons (Fsp3) is 0.421. The number of amides is 1. The summed E-state index contributed by atoms with van der Waals surface area (Å²) < 4.78 is 0. The number of carbonyl (C=O) groups excluding carboxylic acids is 1. The molecular formula is C19H27N5O. The first-order valence-electron chi connectivity index (χ1n) is 8.52. The molecule has 0 fully saturated rings. The van der Waals surface area contributed by atoms with Gasteiger partial charge in [-0.1, -0.05) is 29.8 Å². The van der Waals surface area contributed by atoms with Gasteiger partial charge < -0.3 is 15.5 Å². The van der Waals surface area contributed by atoms with Crippen molar-refractivity contribution >= 4 is 11.7 Å². The average molecular weight is 341 g/mol. The van der Waals surface area contributed by atoms with Gasteiger partial charge in [-0.05, 0) is 46.5 Å². The molecule has 0 saturated carbocycles. The van der Waals surface area contributed by atoms with Gasteiger partial charge in [0.15, 0.2) is 0 Å². The topological polar surface area (TPSA) is 70.2 Å². The van der Waals surface area contributed by atoms with E-state index < -0.39 is 0 Å². The van der Waals surface area contributed by atoms with Crippen LogP contribution >= 0.6 is 0 Å². The first kappa shape index (κ1) is 18.9. The number of benzene rings is 1. The minimum absolute atomic E-state index is 0.192. The molecule has 0 bridgehead atoms. The van der Waals surface area contributed by atoms with Gasteiger partial charge in [0.1, 0.15) is 17.3 Å². The van der Waals surface area contributed by atoms with Crippen LogP contribution in [0.2, 0.25) is 0 Å². The van der Waals surface area contributed by atoms with Crippen LogP contribution in [0.1, 0.15) is 33.9 Å². The largest absolute Gasteiger partial charge is 0.370 e. The number of aryl methyl sites for hydroxylation is 2. The van der Waals surface area contributed by atoms with Gasteiger partial charge >= 0.3 is 0 Å². The zero-order chi connectivity index (χ0) is 18.2. The van der Waals surface area contributed by atoms with Crippen LogP contribution in [0.15, 0.2) is 30.3 Å². The number of hydrogen-bond acceptors (Lipinski definition) is 5. The molecule has 134 valence electrons. The molecule has 6 nitrogen and oxygen atoms in total. The number of rotatable bonds is 8. The molecular weight excluding hydrogens is 314 g/mol. The van der Waals surface area contributed by atoms with Crippen molar-refractivity contribution in [1.82, 2.24) is 20.2 Å². The molecule has 0 aliphatic rings. The number of hydrogen-bond donors (Lipinski definition) is 2. The lowest BCUT2D eigenvalue weighted by atomic mass is 10.1. The number of carbonyl (C=O) groups is 1. The minimum atomic E-state index is -0.192. The summed E-state index contributed by atoms with van der Waals surface area (Å²) in [7, 11) is 4.09. The lowest BCUT2D eigenvalue weighted by Gasteiger charge is -2.11. The van der Waals surface area contributed by atoms with Crippen LogP contribution in [-0.4, -0.2) is 48.0 Å². The molecule has 2 rings (SSSR count). The molecule has 1 aromatic carbocycles. The van der Waals surface area contributed by atoms with Crippen molar-refractivity contribution < 1.29 is 4.79 Å². The summed E-state index contributed by atoms with van der Waals surface area (Å²) in [5.74, 6) is 1.08. The monoisotopic (exact) mass is 341 g/mol. The molecule has 1 amide bonds.